The molecule has 0 atom stereocenters. The van der Waals surface area contributed by atoms with E-state index in [1.165, 1.54) is 6.07 Å². The summed E-state index contributed by atoms with van der Waals surface area (Å²) in [5.74, 6) is 0.177. The maximum absolute atomic E-state index is 12.5. The van der Waals surface area contributed by atoms with Gasteiger partial charge in [-0.15, -0.1) is 0 Å². The van der Waals surface area contributed by atoms with E-state index >= 15 is 0 Å². The Kier molecular flexibility index (Phi) is 6.59. The Labute approximate surface area is 142 Å². The van der Waals surface area contributed by atoms with E-state index < -0.39 is 6.61 Å². The Morgan fingerprint density at radius 2 is 2.00 bits per heavy atom. The van der Waals surface area contributed by atoms with Gasteiger partial charge in [0, 0.05) is 42.8 Å². The van der Waals surface area contributed by atoms with Crippen LogP contribution in [0.15, 0.2) is 22.7 Å². The van der Waals surface area contributed by atoms with E-state index in [9.17, 15) is 13.6 Å². The van der Waals surface area contributed by atoms with Crippen molar-refractivity contribution < 1.29 is 23.0 Å². The van der Waals surface area contributed by atoms with Crippen LogP contribution in [-0.2, 0) is 11.3 Å². The van der Waals surface area contributed by atoms with Gasteiger partial charge in [0.2, 0.25) is 0 Å². The van der Waals surface area contributed by atoms with Gasteiger partial charge in [-0.2, -0.15) is 8.78 Å². The molecule has 1 aliphatic rings. The molecule has 0 N–H and O–H groups in total. The minimum Gasteiger partial charge on any atom is -0.450 e. The molecular weight excluding hydrogens is 374 g/mol. The van der Waals surface area contributed by atoms with Crippen LogP contribution in [0.25, 0.3) is 0 Å². The number of hydrogen-bond acceptors (Lipinski definition) is 4. The van der Waals surface area contributed by atoms with Crippen molar-refractivity contribution in [2.75, 3.05) is 32.8 Å². The van der Waals surface area contributed by atoms with Crippen LogP contribution in [0.3, 0.4) is 0 Å². The summed E-state index contributed by atoms with van der Waals surface area (Å²) in [5.41, 5.74) is 0.684. The number of benzene rings is 1. The van der Waals surface area contributed by atoms with Gasteiger partial charge in [0.05, 0.1) is 6.61 Å². The van der Waals surface area contributed by atoms with Crippen LogP contribution in [0.1, 0.15) is 12.5 Å². The molecule has 1 heterocycles. The van der Waals surface area contributed by atoms with E-state index in [0.717, 1.165) is 4.47 Å². The molecule has 2 rings (SSSR count). The monoisotopic (exact) mass is 392 g/mol. The summed E-state index contributed by atoms with van der Waals surface area (Å²) < 4.78 is 35.3. The first-order valence-corrected chi connectivity index (χ1v) is 8.16. The fourth-order valence-electron chi connectivity index (χ4n) is 2.43. The standard InChI is InChI=1S/C15H19BrF2N2O3/c1-2-22-15(21)20-7-5-19(6-8-20)10-11-9-12(16)3-4-13(11)23-14(17)18/h3-4,9,14H,2,5-8,10H2,1H3. The van der Waals surface area contributed by atoms with Crippen LogP contribution in [0, 0.1) is 0 Å². The van der Waals surface area contributed by atoms with Crippen LogP contribution >= 0.6 is 15.9 Å². The molecule has 8 heteroatoms. The van der Waals surface area contributed by atoms with Crippen molar-refractivity contribution in [3.05, 3.63) is 28.2 Å². The van der Waals surface area contributed by atoms with Gasteiger partial charge in [0.1, 0.15) is 5.75 Å². The quantitative estimate of drug-likeness (QED) is 0.770. The lowest BCUT2D eigenvalue weighted by Gasteiger charge is -2.34. The molecule has 0 spiro atoms. The number of amides is 1. The Morgan fingerprint density at radius 3 is 2.61 bits per heavy atom. The van der Waals surface area contributed by atoms with E-state index in [4.69, 9.17) is 4.74 Å². The van der Waals surface area contributed by atoms with Crippen molar-refractivity contribution >= 4 is 22.0 Å². The Morgan fingerprint density at radius 1 is 1.30 bits per heavy atom. The number of ether oxygens (including phenoxy) is 2. The van der Waals surface area contributed by atoms with Gasteiger partial charge < -0.3 is 14.4 Å². The number of hydrogen-bond donors (Lipinski definition) is 0. The highest BCUT2D eigenvalue weighted by molar-refractivity contribution is 9.10. The van der Waals surface area contributed by atoms with Gasteiger partial charge in [-0.05, 0) is 25.1 Å². The number of alkyl halides is 2. The zero-order valence-corrected chi connectivity index (χ0v) is 14.4. The maximum atomic E-state index is 12.5. The van der Waals surface area contributed by atoms with E-state index in [1.807, 2.05) is 0 Å². The molecule has 0 saturated carbocycles. The van der Waals surface area contributed by atoms with Gasteiger partial charge in [-0.25, -0.2) is 4.79 Å². The molecule has 1 saturated heterocycles. The summed E-state index contributed by atoms with van der Waals surface area (Å²) in [5, 5.41) is 0. The van der Waals surface area contributed by atoms with E-state index in [1.54, 1.807) is 24.0 Å². The van der Waals surface area contributed by atoms with Gasteiger partial charge in [-0.3, -0.25) is 4.90 Å². The molecule has 1 amide bonds. The van der Waals surface area contributed by atoms with Gasteiger partial charge in [0.25, 0.3) is 0 Å². The fraction of sp³-hybridized carbons (Fsp3) is 0.533. The molecule has 0 bridgehead atoms. The van der Waals surface area contributed by atoms with Crippen molar-refractivity contribution in [2.24, 2.45) is 0 Å². The van der Waals surface area contributed by atoms with Crippen LogP contribution in [-0.4, -0.2) is 55.3 Å². The third-order valence-corrected chi connectivity index (χ3v) is 4.02. The number of carbonyl (C=O) groups is 1. The van der Waals surface area contributed by atoms with Crippen LogP contribution in [0.4, 0.5) is 13.6 Å². The summed E-state index contributed by atoms with van der Waals surface area (Å²) in [4.78, 5) is 15.4. The average Bonchev–Trinajstić information content (AvgIpc) is 2.50. The fourth-order valence-corrected chi connectivity index (χ4v) is 2.84. The Balaban J connectivity index is 1.96. The molecule has 0 aliphatic carbocycles. The average molecular weight is 393 g/mol. The lowest BCUT2D eigenvalue weighted by atomic mass is 10.1. The lowest BCUT2D eigenvalue weighted by molar-refractivity contribution is -0.0509. The normalized spacial score (nSPS) is 15.8. The minimum absolute atomic E-state index is 0.177. The summed E-state index contributed by atoms with van der Waals surface area (Å²) >= 11 is 3.34. The zero-order valence-electron chi connectivity index (χ0n) is 12.8. The van der Waals surface area contributed by atoms with Crippen LogP contribution in [0.2, 0.25) is 0 Å². The van der Waals surface area contributed by atoms with Gasteiger partial charge in [-0.1, -0.05) is 15.9 Å². The maximum Gasteiger partial charge on any atom is 0.409 e. The molecule has 0 unspecified atom stereocenters. The minimum atomic E-state index is -2.85. The molecular formula is C15H19BrF2N2O3. The Bertz CT molecular complexity index is 537. The first kappa shape index (κ1) is 17.9. The van der Waals surface area contributed by atoms with Crippen LogP contribution < -0.4 is 4.74 Å². The van der Waals surface area contributed by atoms with Crippen molar-refractivity contribution in [2.45, 2.75) is 20.1 Å². The molecule has 5 nitrogen and oxygen atoms in total. The molecule has 1 aromatic rings. The number of halogens is 3. The predicted octanol–water partition coefficient (Wildman–Crippen LogP) is 3.32. The van der Waals surface area contributed by atoms with Gasteiger partial charge in [0.15, 0.2) is 0 Å². The Hall–Kier alpha value is -1.41. The second kappa shape index (κ2) is 8.44. The molecule has 1 fully saturated rings. The highest BCUT2D eigenvalue weighted by atomic mass is 79.9. The first-order valence-electron chi connectivity index (χ1n) is 7.37. The summed E-state index contributed by atoms with van der Waals surface area (Å²) in [6, 6.07) is 4.97. The summed E-state index contributed by atoms with van der Waals surface area (Å²) in [6.45, 7) is 2.17. The predicted molar refractivity (Wildman–Crippen MR) is 84.6 cm³/mol. The number of rotatable bonds is 5. The molecule has 128 valence electrons. The third-order valence-electron chi connectivity index (χ3n) is 3.53. The first-order chi connectivity index (χ1) is 11.0. The summed E-state index contributed by atoms with van der Waals surface area (Å²) in [6.07, 6.45) is -0.309. The molecule has 1 aromatic carbocycles. The van der Waals surface area contributed by atoms with Crippen LogP contribution in [0.5, 0.6) is 5.75 Å². The highest BCUT2D eigenvalue weighted by Crippen LogP contribution is 2.26. The van der Waals surface area contributed by atoms with E-state index in [2.05, 4.69) is 25.6 Å². The molecule has 1 aliphatic heterocycles. The number of nitrogens with zero attached hydrogens (tertiary/aromatic N) is 2. The van der Waals surface area contributed by atoms with Gasteiger partial charge >= 0.3 is 12.7 Å². The lowest BCUT2D eigenvalue weighted by Crippen LogP contribution is -2.48. The van der Waals surface area contributed by atoms with Crippen molar-refractivity contribution in [3.63, 3.8) is 0 Å². The third kappa shape index (κ3) is 5.31. The highest BCUT2D eigenvalue weighted by Gasteiger charge is 2.23. The number of piperazine rings is 1. The second-order valence-electron chi connectivity index (χ2n) is 5.09. The largest absolute Gasteiger partial charge is 0.450 e. The summed E-state index contributed by atoms with van der Waals surface area (Å²) in [7, 11) is 0. The SMILES string of the molecule is CCOC(=O)N1CCN(Cc2cc(Br)ccc2OC(F)F)CC1. The molecule has 0 aromatic heterocycles. The number of carbonyl (C=O) groups excluding carboxylic acids is 1. The van der Waals surface area contributed by atoms with Crippen molar-refractivity contribution in [3.8, 4) is 5.75 Å². The smallest absolute Gasteiger partial charge is 0.409 e. The van der Waals surface area contributed by atoms with E-state index in [-0.39, 0.29) is 11.8 Å². The topological polar surface area (TPSA) is 42.0 Å². The second-order valence-corrected chi connectivity index (χ2v) is 6.01. The molecule has 23 heavy (non-hydrogen) atoms. The molecule has 0 radical (unpaired) electrons. The zero-order chi connectivity index (χ0) is 16.8. The van der Waals surface area contributed by atoms with Crippen molar-refractivity contribution in [1.29, 1.82) is 0 Å². The van der Waals surface area contributed by atoms with E-state index in [0.29, 0.717) is 44.9 Å². The van der Waals surface area contributed by atoms with Crippen molar-refractivity contribution in [1.82, 2.24) is 9.80 Å².